The Morgan fingerprint density at radius 1 is 0.882 bits per heavy atom. The molecular weight excluding hydrogens is 219 g/mol. The maximum Gasteiger partial charge on any atom is 0.163 e. The van der Waals surface area contributed by atoms with Crippen LogP contribution in [0.5, 0.6) is 11.5 Å². The lowest BCUT2D eigenvalue weighted by atomic mass is 10.0. The zero-order valence-electron chi connectivity index (χ0n) is 9.74. The Morgan fingerprint density at radius 2 is 1.47 bits per heavy atom. The van der Waals surface area contributed by atoms with E-state index >= 15 is 0 Å². The van der Waals surface area contributed by atoms with Gasteiger partial charge in [-0.2, -0.15) is 0 Å². The van der Waals surface area contributed by atoms with Gasteiger partial charge in [0.25, 0.3) is 0 Å². The van der Waals surface area contributed by atoms with Crippen LogP contribution in [0.15, 0.2) is 42.5 Å². The Hall–Kier alpha value is -2.03. The van der Waals surface area contributed by atoms with E-state index in [-0.39, 0.29) is 5.82 Å². The Kier molecular flexibility index (Phi) is 3.28. The van der Waals surface area contributed by atoms with Crippen molar-refractivity contribution in [3.05, 3.63) is 48.3 Å². The number of hydrogen-bond donors (Lipinski definition) is 0. The minimum atomic E-state index is -0.325. The fourth-order valence-electron chi connectivity index (χ4n) is 1.69. The maximum absolute atomic E-state index is 13.9. The summed E-state index contributed by atoms with van der Waals surface area (Å²) in [4.78, 5) is 0. The van der Waals surface area contributed by atoms with Crippen LogP contribution in [0.3, 0.4) is 0 Å². The van der Waals surface area contributed by atoms with Gasteiger partial charge in [0.1, 0.15) is 5.82 Å². The number of halogens is 1. The summed E-state index contributed by atoms with van der Waals surface area (Å²) in [5.74, 6) is 0.589. The van der Waals surface area contributed by atoms with Crippen molar-refractivity contribution >= 4 is 0 Å². The summed E-state index contributed by atoms with van der Waals surface area (Å²) in [5.41, 5.74) is 1.31. The third-order valence-corrected chi connectivity index (χ3v) is 2.56. The van der Waals surface area contributed by atoms with Crippen LogP contribution in [-0.2, 0) is 0 Å². The van der Waals surface area contributed by atoms with Crippen LogP contribution in [0.2, 0.25) is 0 Å². The Morgan fingerprint density at radius 3 is 2.06 bits per heavy atom. The normalized spacial score (nSPS) is 10.1. The van der Waals surface area contributed by atoms with Crippen molar-refractivity contribution in [1.82, 2.24) is 0 Å². The molecule has 0 heterocycles. The van der Waals surface area contributed by atoms with Gasteiger partial charge in [0.2, 0.25) is 0 Å². The molecule has 0 saturated carbocycles. The molecule has 0 amide bonds. The summed E-state index contributed by atoms with van der Waals surface area (Å²) in [7, 11) is 3.02. The van der Waals surface area contributed by atoms with Crippen LogP contribution >= 0.6 is 0 Å². The molecule has 2 rings (SSSR count). The van der Waals surface area contributed by atoms with Gasteiger partial charge in [0.15, 0.2) is 11.5 Å². The lowest BCUT2D eigenvalue weighted by Gasteiger charge is -2.10. The molecule has 0 spiro atoms. The van der Waals surface area contributed by atoms with Crippen LogP contribution in [0.25, 0.3) is 11.1 Å². The molecule has 0 unspecified atom stereocenters. The molecule has 0 aromatic heterocycles. The molecule has 0 aliphatic heterocycles. The van der Waals surface area contributed by atoms with E-state index in [1.807, 2.05) is 30.3 Å². The first-order valence-corrected chi connectivity index (χ1v) is 5.23. The highest BCUT2D eigenvalue weighted by Crippen LogP contribution is 2.34. The summed E-state index contributed by atoms with van der Waals surface area (Å²) < 4.78 is 24.1. The van der Waals surface area contributed by atoms with Crippen molar-refractivity contribution in [2.45, 2.75) is 0 Å². The lowest BCUT2D eigenvalue weighted by Crippen LogP contribution is -1.93. The van der Waals surface area contributed by atoms with Gasteiger partial charge < -0.3 is 9.47 Å². The highest BCUT2D eigenvalue weighted by molar-refractivity contribution is 5.67. The predicted molar refractivity (Wildman–Crippen MR) is 64.9 cm³/mol. The van der Waals surface area contributed by atoms with Gasteiger partial charge >= 0.3 is 0 Å². The summed E-state index contributed by atoms with van der Waals surface area (Å²) in [6.45, 7) is 0. The van der Waals surface area contributed by atoms with Gasteiger partial charge in [0.05, 0.1) is 14.2 Å². The van der Waals surface area contributed by atoms with Crippen molar-refractivity contribution < 1.29 is 13.9 Å². The fourth-order valence-corrected chi connectivity index (χ4v) is 1.69. The van der Waals surface area contributed by atoms with E-state index in [1.54, 1.807) is 6.07 Å². The van der Waals surface area contributed by atoms with E-state index in [0.29, 0.717) is 17.1 Å². The van der Waals surface area contributed by atoms with Gasteiger partial charge in [-0.25, -0.2) is 4.39 Å². The quantitative estimate of drug-likeness (QED) is 0.806. The third-order valence-electron chi connectivity index (χ3n) is 2.56. The van der Waals surface area contributed by atoms with Crippen molar-refractivity contribution in [1.29, 1.82) is 0 Å². The molecule has 0 aliphatic carbocycles. The Balaban J connectivity index is 2.56. The minimum absolute atomic E-state index is 0.325. The number of rotatable bonds is 3. The maximum atomic E-state index is 13.9. The average molecular weight is 232 g/mol. The average Bonchev–Trinajstić information content (AvgIpc) is 2.39. The van der Waals surface area contributed by atoms with E-state index in [0.717, 1.165) is 5.56 Å². The molecule has 2 aromatic carbocycles. The van der Waals surface area contributed by atoms with E-state index in [2.05, 4.69) is 0 Å². The molecule has 0 fully saturated rings. The summed E-state index contributed by atoms with van der Waals surface area (Å²) in [6.07, 6.45) is 0. The topological polar surface area (TPSA) is 18.5 Å². The van der Waals surface area contributed by atoms with Gasteiger partial charge in [-0.3, -0.25) is 0 Å². The number of methoxy groups -OCH3 is 2. The van der Waals surface area contributed by atoms with Gasteiger partial charge in [-0.05, 0) is 11.6 Å². The van der Waals surface area contributed by atoms with E-state index in [9.17, 15) is 4.39 Å². The third kappa shape index (κ3) is 2.23. The molecule has 0 radical (unpaired) electrons. The van der Waals surface area contributed by atoms with Crippen LogP contribution in [-0.4, -0.2) is 14.2 Å². The van der Waals surface area contributed by atoms with E-state index < -0.39 is 0 Å². The van der Waals surface area contributed by atoms with Gasteiger partial charge in [0, 0.05) is 11.6 Å². The van der Waals surface area contributed by atoms with Gasteiger partial charge in [-0.15, -0.1) is 0 Å². The van der Waals surface area contributed by atoms with E-state index in [1.165, 1.54) is 20.3 Å². The lowest BCUT2D eigenvalue weighted by molar-refractivity contribution is 0.352. The first-order valence-electron chi connectivity index (χ1n) is 5.23. The van der Waals surface area contributed by atoms with Crippen LogP contribution < -0.4 is 9.47 Å². The molecule has 2 nitrogen and oxygen atoms in total. The Bertz CT molecular complexity index is 509. The molecule has 0 N–H and O–H groups in total. The molecular formula is C14H13FO2. The molecule has 2 aromatic rings. The van der Waals surface area contributed by atoms with Crippen LogP contribution in [0.1, 0.15) is 0 Å². The van der Waals surface area contributed by atoms with Crippen molar-refractivity contribution in [2.24, 2.45) is 0 Å². The minimum Gasteiger partial charge on any atom is -0.493 e. The highest BCUT2D eigenvalue weighted by Gasteiger charge is 2.12. The zero-order chi connectivity index (χ0) is 12.3. The van der Waals surface area contributed by atoms with Crippen LogP contribution in [0, 0.1) is 5.82 Å². The van der Waals surface area contributed by atoms with Crippen molar-refractivity contribution in [3.8, 4) is 22.6 Å². The highest BCUT2D eigenvalue weighted by atomic mass is 19.1. The van der Waals surface area contributed by atoms with Crippen molar-refractivity contribution in [3.63, 3.8) is 0 Å². The molecule has 0 aliphatic rings. The molecule has 0 atom stereocenters. The number of ether oxygens (including phenoxy) is 2. The molecule has 0 saturated heterocycles. The second-order valence-electron chi connectivity index (χ2n) is 3.55. The molecule has 0 bridgehead atoms. The molecule has 3 heteroatoms. The van der Waals surface area contributed by atoms with E-state index in [4.69, 9.17) is 9.47 Å². The fraction of sp³-hybridized carbons (Fsp3) is 0.143. The summed E-state index contributed by atoms with van der Waals surface area (Å²) in [5, 5.41) is 0. The number of benzene rings is 2. The van der Waals surface area contributed by atoms with Crippen LogP contribution in [0.4, 0.5) is 4.39 Å². The predicted octanol–water partition coefficient (Wildman–Crippen LogP) is 3.51. The second kappa shape index (κ2) is 4.87. The Labute approximate surface area is 99.6 Å². The molecule has 17 heavy (non-hydrogen) atoms. The number of hydrogen-bond acceptors (Lipinski definition) is 2. The SMILES string of the molecule is COc1cc(F)c(-c2ccccc2)cc1OC. The standard InChI is InChI=1S/C14H13FO2/c1-16-13-8-11(10-6-4-3-5-7-10)12(15)9-14(13)17-2/h3-9H,1-2H3. The zero-order valence-corrected chi connectivity index (χ0v) is 9.74. The van der Waals surface area contributed by atoms with Crippen molar-refractivity contribution in [2.75, 3.05) is 14.2 Å². The monoisotopic (exact) mass is 232 g/mol. The van der Waals surface area contributed by atoms with Gasteiger partial charge in [-0.1, -0.05) is 30.3 Å². The first kappa shape index (κ1) is 11.5. The summed E-state index contributed by atoms with van der Waals surface area (Å²) in [6, 6.07) is 12.3. The molecule has 88 valence electrons. The smallest absolute Gasteiger partial charge is 0.163 e. The largest absolute Gasteiger partial charge is 0.493 e. The summed E-state index contributed by atoms with van der Waals surface area (Å²) >= 11 is 0. The second-order valence-corrected chi connectivity index (χ2v) is 3.55. The first-order chi connectivity index (χ1) is 8.26.